The lowest BCUT2D eigenvalue weighted by Crippen LogP contribution is -2.43. The summed E-state index contributed by atoms with van der Waals surface area (Å²) in [6.45, 7) is 0. The smallest absolute Gasteiger partial charge is 0.320 e. The van der Waals surface area contributed by atoms with Crippen LogP contribution in [0.25, 0.3) is 0 Å². The van der Waals surface area contributed by atoms with Crippen molar-refractivity contribution in [1.29, 1.82) is 0 Å². The average Bonchev–Trinajstić information content (AvgIpc) is 1.76. The summed E-state index contributed by atoms with van der Waals surface area (Å²) in [6, 6.07) is -0.311. The molecule has 3 nitrogen and oxygen atoms in total. The summed E-state index contributed by atoms with van der Waals surface area (Å²) in [7, 11) is 1.71. The highest BCUT2D eigenvalue weighted by Crippen LogP contribution is 2.29. The fourth-order valence-corrected chi connectivity index (χ4v) is 1.33. The van der Waals surface area contributed by atoms with Gasteiger partial charge in [0, 0.05) is 0 Å². The highest BCUT2D eigenvalue weighted by molar-refractivity contribution is 5.85. The van der Waals surface area contributed by atoms with E-state index in [2.05, 4.69) is 5.32 Å². The molecule has 0 heterocycles. The van der Waals surface area contributed by atoms with Crippen LogP contribution in [0.5, 0.6) is 0 Å². The molecule has 0 unspecified atom stereocenters. The third kappa shape index (κ3) is 2.34. The number of carboxylic acids is 1. The van der Waals surface area contributed by atoms with Crippen molar-refractivity contribution in [3.63, 3.8) is 0 Å². The molecule has 0 aromatic heterocycles. The van der Waals surface area contributed by atoms with Gasteiger partial charge < -0.3 is 10.4 Å². The van der Waals surface area contributed by atoms with E-state index in [1.54, 1.807) is 7.05 Å². The lowest BCUT2D eigenvalue weighted by molar-refractivity contribution is -0.141. The number of halogens is 1. The molecule has 1 atom stereocenters. The lowest BCUT2D eigenvalue weighted by Gasteiger charge is -2.30. The summed E-state index contributed by atoms with van der Waals surface area (Å²) in [5.41, 5.74) is 0. The normalized spacial score (nSPS) is 19.7. The topological polar surface area (TPSA) is 49.3 Å². The van der Waals surface area contributed by atoms with Crippen LogP contribution >= 0.6 is 12.4 Å². The van der Waals surface area contributed by atoms with Crippen LogP contribution in [0.1, 0.15) is 19.3 Å². The maximum absolute atomic E-state index is 10.5. The molecule has 1 aliphatic rings. The maximum atomic E-state index is 10.5. The maximum Gasteiger partial charge on any atom is 0.320 e. The predicted octanol–water partition coefficient (Wildman–Crippen LogP) is 0.881. The molecule has 1 saturated carbocycles. The van der Waals surface area contributed by atoms with Crippen LogP contribution in [-0.4, -0.2) is 24.2 Å². The molecular formula is C7H14ClNO2. The summed E-state index contributed by atoms with van der Waals surface area (Å²) in [4.78, 5) is 10.5. The van der Waals surface area contributed by atoms with Crippen molar-refractivity contribution in [2.45, 2.75) is 25.3 Å². The van der Waals surface area contributed by atoms with E-state index in [1.165, 1.54) is 6.42 Å². The summed E-state index contributed by atoms with van der Waals surface area (Å²) in [6.07, 6.45) is 3.33. The molecule has 2 N–H and O–H groups in total. The molecule has 1 fully saturated rings. The molecule has 4 heteroatoms. The third-order valence-corrected chi connectivity index (χ3v) is 2.20. The molecule has 11 heavy (non-hydrogen) atoms. The van der Waals surface area contributed by atoms with E-state index in [9.17, 15) is 4.79 Å². The molecule has 0 bridgehead atoms. The first-order chi connectivity index (χ1) is 4.75. The van der Waals surface area contributed by atoms with Gasteiger partial charge in [-0.05, 0) is 25.8 Å². The number of rotatable bonds is 3. The van der Waals surface area contributed by atoms with Crippen LogP contribution < -0.4 is 5.32 Å². The zero-order chi connectivity index (χ0) is 7.56. The standard InChI is InChI=1S/C7H13NO2.ClH/c1-8-6(7(9)10)5-3-2-4-5;/h5-6,8H,2-4H2,1H3,(H,9,10);1H/t6-;/m0./s1. The van der Waals surface area contributed by atoms with Gasteiger partial charge in [-0.25, -0.2) is 0 Å². The number of hydrogen-bond acceptors (Lipinski definition) is 2. The molecular weight excluding hydrogens is 166 g/mol. The zero-order valence-electron chi connectivity index (χ0n) is 6.54. The first kappa shape index (κ1) is 10.7. The molecule has 66 valence electrons. The van der Waals surface area contributed by atoms with Crippen LogP contribution in [0.2, 0.25) is 0 Å². The number of carboxylic acid groups (broad SMARTS) is 1. The van der Waals surface area contributed by atoms with Crippen molar-refractivity contribution in [3.8, 4) is 0 Å². The summed E-state index contributed by atoms with van der Waals surface area (Å²) in [5.74, 6) is -0.338. The van der Waals surface area contributed by atoms with Crippen LogP contribution in [0.15, 0.2) is 0 Å². The minimum Gasteiger partial charge on any atom is -0.480 e. The predicted molar refractivity (Wildman–Crippen MR) is 45.1 cm³/mol. The number of aliphatic carboxylic acids is 1. The van der Waals surface area contributed by atoms with Crippen LogP contribution in [0.4, 0.5) is 0 Å². The molecule has 1 rings (SSSR count). The Kier molecular flexibility index (Phi) is 4.45. The molecule has 0 aromatic rings. The highest BCUT2D eigenvalue weighted by Gasteiger charge is 2.30. The van der Waals surface area contributed by atoms with Gasteiger partial charge >= 0.3 is 5.97 Å². The Morgan fingerprint density at radius 1 is 1.64 bits per heavy atom. The van der Waals surface area contributed by atoms with Crippen molar-refractivity contribution < 1.29 is 9.90 Å². The Balaban J connectivity index is 0.000001000. The molecule has 0 aliphatic heterocycles. The fourth-order valence-electron chi connectivity index (χ4n) is 1.33. The van der Waals surface area contributed by atoms with Crippen molar-refractivity contribution in [1.82, 2.24) is 5.32 Å². The zero-order valence-corrected chi connectivity index (χ0v) is 7.36. The summed E-state index contributed by atoms with van der Waals surface area (Å²) < 4.78 is 0. The fraction of sp³-hybridized carbons (Fsp3) is 0.857. The Bertz CT molecular complexity index is 136. The van der Waals surface area contributed by atoms with Gasteiger partial charge in [0.25, 0.3) is 0 Å². The molecule has 0 aromatic carbocycles. The summed E-state index contributed by atoms with van der Waals surface area (Å²) in [5, 5.41) is 11.5. The lowest BCUT2D eigenvalue weighted by atomic mass is 9.80. The van der Waals surface area contributed by atoms with Crippen LogP contribution in [0, 0.1) is 5.92 Å². The molecule has 0 spiro atoms. The third-order valence-electron chi connectivity index (χ3n) is 2.20. The van der Waals surface area contributed by atoms with Gasteiger partial charge in [-0.15, -0.1) is 12.4 Å². The van der Waals surface area contributed by atoms with Crippen molar-refractivity contribution >= 4 is 18.4 Å². The molecule has 0 radical (unpaired) electrons. The van der Waals surface area contributed by atoms with Gasteiger partial charge in [0.15, 0.2) is 0 Å². The highest BCUT2D eigenvalue weighted by atomic mass is 35.5. The first-order valence-corrected chi connectivity index (χ1v) is 3.65. The van der Waals surface area contributed by atoms with Crippen molar-refractivity contribution in [2.75, 3.05) is 7.05 Å². The van der Waals surface area contributed by atoms with Gasteiger partial charge in [0.2, 0.25) is 0 Å². The quantitative estimate of drug-likeness (QED) is 0.677. The number of nitrogens with one attached hydrogen (secondary N) is 1. The number of likely N-dealkylation sites (N-methyl/N-ethyl adjacent to an activating group) is 1. The number of carbonyl (C=O) groups is 1. The molecule has 1 aliphatic carbocycles. The van der Waals surface area contributed by atoms with E-state index in [1.807, 2.05) is 0 Å². The van der Waals surface area contributed by atoms with Crippen LogP contribution in [0.3, 0.4) is 0 Å². The molecule has 0 amide bonds. The average molecular weight is 180 g/mol. The van der Waals surface area contributed by atoms with Gasteiger partial charge in [-0.3, -0.25) is 4.79 Å². The largest absolute Gasteiger partial charge is 0.480 e. The number of hydrogen-bond donors (Lipinski definition) is 2. The van der Waals surface area contributed by atoms with Crippen molar-refractivity contribution in [3.05, 3.63) is 0 Å². The second-order valence-corrected chi connectivity index (χ2v) is 2.80. The molecule has 0 saturated heterocycles. The van der Waals surface area contributed by atoms with E-state index < -0.39 is 5.97 Å². The van der Waals surface area contributed by atoms with E-state index in [4.69, 9.17) is 5.11 Å². The minimum atomic E-state index is -0.716. The van der Waals surface area contributed by atoms with E-state index >= 15 is 0 Å². The van der Waals surface area contributed by atoms with Crippen LogP contribution in [-0.2, 0) is 4.79 Å². The SMILES string of the molecule is CN[C@H](C(=O)O)C1CCC1.Cl. The van der Waals surface area contributed by atoms with E-state index in [0.717, 1.165) is 12.8 Å². The second kappa shape index (κ2) is 4.57. The Morgan fingerprint density at radius 2 is 2.18 bits per heavy atom. The first-order valence-electron chi connectivity index (χ1n) is 3.65. The van der Waals surface area contributed by atoms with Gasteiger partial charge in [-0.2, -0.15) is 0 Å². The van der Waals surface area contributed by atoms with E-state index in [-0.39, 0.29) is 18.4 Å². The summed E-state index contributed by atoms with van der Waals surface area (Å²) >= 11 is 0. The van der Waals surface area contributed by atoms with E-state index in [0.29, 0.717) is 5.92 Å². The minimum absolute atomic E-state index is 0. The Labute approximate surface area is 72.6 Å². The van der Waals surface area contributed by atoms with Gasteiger partial charge in [0.05, 0.1) is 0 Å². The Morgan fingerprint density at radius 3 is 2.27 bits per heavy atom. The van der Waals surface area contributed by atoms with Gasteiger partial charge in [0.1, 0.15) is 6.04 Å². The van der Waals surface area contributed by atoms with Gasteiger partial charge in [-0.1, -0.05) is 6.42 Å². The monoisotopic (exact) mass is 179 g/mol. The second-order valence-electron chi connectivity index (χ2n) is 2.80. The Hall–Kier alpha value is -0.280. The van der Waals surface area contributed by atoms with Crippen molar-refractivity contribution in [2.24, 2.45) is 5.92 Å².